The second kappa shape index (κ2) is 5.37. The van der Waals surface area contributed by atoms with E-state index in [1.54, 1.807) is 12.1 Å². The van der Waals surface area contributed by atoms with Crippen LogP contribution < -0.4 is 4.72 Å². The lowest BCUT2D eigenvalue weighted by molar-refractivity contribution is 0.586. The minimum atomic E-state index is -3.39. The molecule has 0 saturated carbocycles. The van der Waals surface area contributed by atoms with E-state index in [9.17, 15) is 8.42 Å². The molecular weight excluding hydrogens is 385 g/mol. The number of halogens is 1. The van der Waals surface area contributed by atoms with Crippen molar-refractivity contribution in [3.05, 3.63) is 63.2 Å². The molecule has 5 heteroatoms. The lowest BCUT2D eigenvalue weighted by Gasteiger charge is -2.15. The van der Waals surface area contributed by atoms with E-state index in [4.69, 9.17) is 0 Å². The van der Waals surface area contributed by atoms with Crippen molar-refractivity contribution in [1.82, 2.24) is 0 Å². The molecule has 0 radical (unpaired) electrons. The Morgan fingerprint density at radius 3 is 2.50 bits per heavy atom. The minimum absolute atomic E-state index is 0.446. The normalized spacial score (nSPS) is 17.8. The number of aryl methyl sites for hydroxylation is 1. The quantitative estimate of drug-likeness (QED) is 0.800. The smallest absolute Gasteiger partial charge is 0.239 e. The van der Waals surface area contributed by atoms with Crippen molar-refractivity contribution in [3.8, 4) is 0 Å². The third kappa shape index (κ3) is 2.69. The summed E-state index contributed by atoms with van der Waals surface area (Å²) < 4.78 is 28.9. The first-order chi connectivity index (χ1) is 9.56. The molecule has 2 aromatic carbocycles. The summed E-state index contributed by atoms with van der Waals surface area (Å²) in [6, 6.07) is 15.1. The van der Waals surface area contributed by atoms with Gasteiger partial charge in [-0.1, -0.05) is 24.3 Å². The SMILES string of the molecule is O=S(=O)(Nc1ccc(I)cc1)[C@@H]1CCc2ccccc21. The molecule has 0 aliphatic heterocycles. The molecule has 0 amide bonds. The number of fused-ring (bicyclic) bond motifs is 1. The van der Waals surface area contributed by atoms with Crippen molar-refractivity contribution >= 4 is 38.3 Å². The van der Waals surface area contributed by atoms with Crippen LogP contribution in [0.5, 0.6) is 0 Å². The Morgan fingerprint density at radius 2 is 1.75 bits per heavy atom. The van der Waals surface area contributed by atoms with Crippen LogP contribution in [0.3, 0.4) is 0 Å². The Labute approximate surface area is 132 Å². The van der Waals surface area contributed by atoms with Crippen molar-refractivity contribution in [1.29, 1.82) is 0 Å². The zero-order valence-electron chi connectivity index (χ0n) is 10.7. The van der Waals surface area contributed by atoms with Gasteiger partial charge in [-0.2, -0.15) is 0 Å². The fourth-order valence-electron chi connectivity index (χ4n) is 2.59. The van der Waals surface area contributed by atoms with E-state index in [0.717, 1.165) is 21.1 Å². The van der Waals surface area contributed by atoms with Crippen LogP contribution in [0.2, 0.25) is 0 Å². The molecule has 1 aliphatic rings. The van der Waals surface area contributed by atoms with Gasteiger partial charge in [-0.05, 0) is 70.8 Å². The molecule has 20 heavy (non-hydrogen) atoms. The fraction of sp³-hybridized carbons (Fsp3) is 0.200. The minimum Gasteiger partial charge on any atom is -0.283 e. The maximum absolute atomic E-state index is 12.5. The number of hydrogen-bond donors (Lipinski definition) is 1. The summed E-state index contributed by atoms with van der Waals surface area (Å²) in [6.07, 6.45) is 1.48. The van der Waals surface area contributed by atoms with Crippen LogP contribution in [0.4, 0.5) is 5.69 Å². The largest absolute Gasteiger partial charge is 0.283 e. The summed E-state index contributed by atoms with van der Waals surface area (Å²) in [7, 11) is -3.39. The summed E-state index contributed by atoms with van der Waals surface area (Å²) >= 11 is 2.19. The standard InChI is InChI=1S/C15H14INO2S/c16-12-6-8-13(9-7-12)17-20(18,19)15-10-5-11-3-1-2-4-14(11)15/h1-4,6-9,15,17H,5,10H2/t15-/m1/s1. The van der Waals surface area contributed by atoms with Gasteiger partial charge >= 0.3 is 0 Å². The average Bonchev–Trinajstić information content (AvgIpc) is 2.86. The van der Waals surface area contributed by atoms with Gasteiger partial charge in [0.25, 0.3) is 0 Å². The summed E-state index contributed by atoms with van der Waals surface area (Å²) in [5.74, 6) is 0. The van der Waals surface area contributed by atoms with Gasteiger partial charge < -0.3 is 0 Å². The lowest BCUT2D eigenvalue weighted by atomic mass is 10.1. The first-order valence-electron chi connectivity index (χ1n) is 6.41. The Morgan fingerprint density at radius 1 is 1.05 bits per heavy atom. The van der Waals surface area contributed by atoms with Crippen LogP contribution in [-0.2, 0) is 16.4 Å². The molecule has 1 atom stereocenters. The molecule has 0 aromatic heterocycles. The molecule has 0 fully saturated rings. The monoisotopic (exact) mass is 399 g/mol. The van der Waals surface area contributed by atoms with Crippen LogP contribution in [0, 0.1) is 3.57 Å². The van der Waals surface area contributed by atoms with Crippen molar-refractivity contribution in [3.63, 3.8) is 0 Å². The molecule has 0 unspecified atom stereocenters. The summed E-state index contributed by atoms with van der Waals surface area (Å²) in [4.78, 5) is 0. The fourth-order valence-corrected chi connectivity index (χ4v) is 4.55. The first kappa shape index (κ1) is 13.9. The molecular formula is C15H14INO2S. The van der Waals surface area contributed by atoms with Crippen LogP contribution in [0.25, 0.3) is 0 Å². The number of benzene rings is 2. The molecule has 0 heterocycles. The second-order valence-corrected chi connectivity index (χ2v) is 7.99. The average molecular weight is 399 g/mol. The van der Waals surface area contributed by atoms with Gasteiger partial charge in [0, 0.05) is 9.26 Å². The highest BCUT2D eigenvalue weighted by Gasteiger charge is 2.33. The van der Waals surface area contributed by atoms with Crippen molar-refractivity contribution in [2.45, 2.75) is 18.1 Å². The molecule has 104 valence electrons. The predicted octanol–water partition coefficient (Wildman–Crippen LogP) is 3.72. The third-order valence-corrected chi connectivity index (χ3v) is 6.03. The highest BCUT2D eigenvalue weighted by atomic mass is 127. The van der Waals surface area contributed by atoms with Crippen LogP contribution >= 0.6 is 22.6 Å². The lowest BCUT2D eigenvalue weighted by Crippen LogP contribution is -2.19. The number of hydrogen-bond acceptors (Lipinski definition) is 2. The number of sulfonamides is 1. The van der Waals surface area contributed by atoms with E-state index in [2.05, 4.69) is 27.3 Å². The van der Waals surface area contributed by atoms with Crippen LogP contribution in [0.15, 0.2) is 48.5 Å². The van der Waals surface area contributed by atoms with Gasteiger partial charge in [0.05, 0.1) is 0 Å². The maximum Gasteiger partial charge on any atom is 0.239 e. The Hall–Kier alpha value is -1.08. The van der Waals surface area contributed by atoms with E-state index in [0.29, 0.717) is 12.1 Å². The zero-order chi connectivity index (χ0) is 14.2. The van der Waals surface area contributed by atoms with Gasteiger partial charge in [-0.3, -0.25) is 4.72 Å². The maximum atomic E-state index is 12.5. The highest BCUT2D eigenvalue weighted by Crippen LogP contribution is 2.37. The summed E-state index contributed by atoms with van der Waals surface area (Å²) in [5.41, 5.74) is 2.70. The summed E-state index contributed by atoms with van der Waals surface area (Å²) in [6.45, 7) is 0. The topological polar surface area (TPSA) is 46.2 Å². The van der Waals surface area contributed by atoms with E-state index in [1.165, 1.54) is 0 Å². The molecule has 2 aromatic rings. The van der Waals surface area contributed by atoms with E-state index >= 15 is 0 Å². The van der Waals surface area contributed by atoms with Gasteiger partial charge in [0.1, 0.15) is 5.25 Å². The predicted molar refractivity (Wildman–Crippen MR) is 89.2 cm³/mol. The molecule has 3 nitrogen and oxygen atoms in total. The third-order valence-electron chi connectivity index (χ3n) is 3.56. The van der Waals surface area contributed by atoms with Crippen LogP contribution in [0.1, 0.15) is 22.8 Å². The number of anilines is 1. The summed E-state index contributed by atoms with van der Waals surface area (Å²) in [5, 5.41) is -0.446. The number of rotatable bonds is 3. The van der Waals surface area contributed by atoms with E-state index in [-0.39, 0.29) is 0 Å². The molecule has 1 N–H and O–H groups in total. The van der Waals surface area contributed by atoms with Crippen molar-refractivity contribution < 1.29 is 8.42 Å². The molecule has 1 aliphatic carbocycles. The van der Waals surface area contributed by atoms with Gasteiger partial charge in [0.2, 0.25) is 10.0 Å². The highest BCUT2D eigenvalue weighted by molar-refractivity contribution is 14.1. The van der Waals surface area contributed by atoms with E-state index in [1.807, 2.05) is 36.4 Å². The first-order valence-corrected chi connectivity index (χ1v) is 9.04. The Balaban J connectivity index is 1.88. The Kier molecular flexibility index (Phi) is 3.72. The molecule has 0 spiro atoms. The van der Waals surface area contributed by atoms with Gasteiger partial charge in [0.15, 0.2) is 0 Å². The van der Waals surface area contributed by atoms with Crippen molar-refractivity contribution in [2.24, 2.45) is 0 Å². The van der Waals surface area contributed by atoms with Gasteiger partial charge in [-0.25, -0.2) is 8.42 Å². The molecule has 0 saturated heterocycles. The zero-order valence-corrected chi connectivity index (χ0v) is 13.7. The van der Waals surface area contributed by atoms with Gasteiger partial charge in [-0.15, -0.1) is 0 Å². The number of nitrogens with one attached hydrogen (secondary N) is 1. The molecule has 3 rings (SSSR count). The molecule has 0 bridgehead atoms. The van der Waals surface area contributed by atoms with Crippen molar-refractivity contribution in [2.75, 3.05) is 4.72 Å². The van der Waals surface area contributed by atoms with Crippen LogP contribution in [-0.4, -0.2) is 8.42 Å². The Bertz CT molecular complexity index is 726. The second-order valence-electron chi connectivity index (χ2n) is 4.88. The van der Waals surface area contributed by atoms with E-state index < -0.39 is 15.3 Å².